The smallest absolute Gasteiger partial charge is 0.138 e. The number of hydrogen-bond donors (Lipinski definition) is 1. The molecule has 0 aromatic carbocycles. The van der Waals surface area contributed by atoms with Crippen LogP contribution in [0.1, 0.15) is 6.92 Å². The van der Waals surface area contributed by atoms with Crippen molar-refractivity contribution in [2.45, 2.75) is 6.92 Å². The van der Waals surface area contributed by atoms with E-state index >= 15 is 0 Å². The zero-order valence-electron chi connectivity index (χ0n) is 5.89. The minimum absolute atomic E-state index is 0.255. The lowest BCUT2D eigenvalue weighted by molar-refractivity contribution is 0.432. The van der Waals surface area contributed by atoms with Crippen molar-refractivity contribution in [2.75, 3.05) is 0 Å². The molecule has 0 aliphatic carbocycles. The molecule has 0 heterocycles. The monoisotopic (exact) mass is 122 g/mol. The summed E-state index contributed by atoms with van der Waals surface area (Å²) in [4.78, 5) is 0. The van der Waals surface area contributed by atoms with Gasteiger partial charge in [-0.3, -0.25) is 0 Å². The second-order valence-electron chi connectivity index (χ2n) is 1.92. The van der Waals surface area contributed by atoms with Gasteiger partial charge in [0, 0.05) is 0 Å². The first-order valence-corrected chi connectivity index (χ1v) is 2.85. The zero-order valence-corrected chi connectivity index (χ0v) is 5.89. The third-order valence-electron chi connectivity index (χ3n) is 0.732. The van der Waals surface area contributed by atoms with Gasteiger partial charge in [-0.15, -0.1) is 6.58 Å². The van der Waals surface area contributed by atoms with Gasteiger partial charge in [-0.2, -0.15) is 0 Å². The fourth-order valence-electron chi connectivity index (χ4n) is 0.471. The van der Waals surface area contributed by atoms with E-state index < -0.39 is 0 Å². The largest absolute Gasteiger partial charge is 0.508 e. The lowest BCUT2D eigenvalue weighted by Crippen LogP contribution is -1.76. The minimum atomic E-state index is 0.255. The van der Waals surface area contributed by atoms with Crippen molar-refractivity contribution in [3.05, 3.63) is 36.0 Å². The van der Waals surface area contributed by atoms with Gasteiger partial charge in [-0.1, -0.05) is 11.5 Å². The van der Waals surface area contributed by atoms with Gasteiger partial charge in [0.25, 0.3) is 0 Å². The fraction of sp³-hybridized carbons (Fsp3) is 0.143. The molecular formula is C7H11BO. The van der Waals surface area contributed by atoms with Crippen LogP contribution in [-0.4, -0.2) is 13.0 Å². The molecule has 0 aromatic heterocycles. The highest BCUT2D eigenvalue weighted by Crippen LogP contribution is 1.94. The second-order valence-corrected chi connectivity index (χ2v) is 1.92. The molecule has 0 atom stereocenters. The topological polar surface area (TPSA) is 20.2 Å². The molecule has 0 saturated heterocycles. The standard InChI is InChI=1S/C7H11BO/c1-3-4-7(9)5-6(2)8/h3-5,9H,2,8H2,1H3/b4-3-,7-5+. The van der Waals surface area contributed by atoms with Gasteiger partial charge in [0.05, 0.1) is 0 Å². The summed E-state index contributed by atoms with van der Waals surface area (Å²) in [6.07, 6.45) is 5.00. The Balaban J connectivity index is 4.00. The summed E-state index contributed by atoms with van der Waals surface area (Å²) in [7, 11) is 1.83. The molecule has 0 unspecified atom stereocenters. The molecule has 0 aliphatic rings. The van der Waals surface area contributed by atoms with Crippen molar-refractivity contribution >= 4 is 7.85 Å². The van der Waals surface area contributed by atoms with Crippen LogP contribution in [-0.2, 0) is 0 Å². The highest BCUT2D eigenvalue weighted by molar-refractivity contribution is 6.23. The summed E-state index contributed by atoms with van der Waals surface area (Å²) in [5.74, 6) is 0.255. The molecule has 0 radical (unpaired) electrons. The van der Waals surface area contributed by atoms with Gasteiger partial charge in [0.15, 0.2) is 0 Å². The highest BCUT2D eigenvalue weighted by atomic mass is 16.3. The molecule has 0 rings (SSSR count). The lowest BCUT2D eigenvalue weighted by atomic mass is 9.97. The molecule has 1 nitrogen and oxygen atoms in total. The van der Waals surface area contributed by atoms with E-state index in [0.717, 1.165) is 5.47 Å². The highest BCUT2D eigenvalue weighted by Gasteiger charge is 1.81. The quantitative estimate of drug-likeness (QED) is 0.331. The minimum Gasteiger partial charge on any atom is -0.508 e. The van der Waals surface area contributed by atoms with Crippen LogP contribution >= 0.6 is 0 Å². The van der Waals surface area contributed by atoms with Gasteiger partial charge in [-0.25, -0.2) is 0 Å². The second kappa shape index (κ2) is 4.01. The van der Waals surface area contributed by atoms with Gasteiger partial charge < -0.3 is 5.11 Å². The summed E-state index contributed by atoms with van der Waals surface area (Å²) in [5, 5.41) is 8.93. The van der Waals surface area contributed by atoms with E-state index in [1.54, 1.807) is 18.2 Å². The van der Waals surface area contributed by atoms with Crippen molar-refractivity contribution in [3.8, 4) is 0 Å². The lowest BCUT2D eigenvalue weighted by Gasteiger charge is -1.88. The molecule has 48 valence electrons. The molecule has 0 spiro atoms. The summed E-state index contributed by atoms with van der Waals surface area (Å²) < 4.78 is 0. The maximum Gasteiger partial charge on any atom is 0.138 e. The Kier molecular flexibility index (Phi) is 3.61. The van der Waals surface area contributed by atoms with Crippen LogP contribution in [0.5, 0.6) is 0 Å². The van der Waals surface area contributed by atoms with Gasteiger partial charge >= 0.3 is 0 Å². The molecule has 0 fully saturated rings. The van der Waals surface area contributed by atoms with E-state index in [2.05, 4.69) is 6.58 Å². The molecule has 9 heavy (non-hydrogen) atoms. The first-order chi connectivity index (χ1) is 4.16. The fourth-order valence-corrected chi connectivity index (χ4v) is 0.471. The Bertz CT molecular complexity index is 156. The van der Waals surface area contributed by atoms with Crippen molar-refractivity contribution in [1.82, 2.24) is 0 Å². The van der Waals surface area contributed by atoms with Crippen LogP contribution in [0.25, 0.3) is 0 Å². The number of rotatable bonds is 2. The number of aliphatic hydroxyl groups is 1. The molecule has 0 bridgehead atoms. The average molecular weight is 122 g/mol. The van der Waals surface area contributed by atoms with Gasteiger partial charge in [-0.05, 0) is 19.1 Å². The van der Waals surface area contributed by atoms with Crippen molar-refractivity contribution < 1.29 is 5.11 Å². The first kappa shape index (κ1) is 8.08. The van der Waals surface area contributed by atoms with Crippen molar-refractivity contribution in [2.24, 2.45) is 0 Å². The Hall–Kier alpha value is -0.915. The number of aliphatic hydroxyl groups excluding tert-OH is 1. The molecule has 2 heteroatoms. The molecule has 0 aliphatic heterocycles. The predicted molar refractivity (Wildman–Crippen MR) is 43.2 cm³/mol. The van der Waals surface area contributed by atoms with E-state index in [9.17, 15) is 0 Å². The van der Waals surface area contributed by atoms with Gasteiger partial charge in [0.2, 0.25) is 0 Å². The Morgan fingerprint density at radius 1 is 1.67 bits per heavy atom. The predicted octanol–water partition coefficient (Wildman–Crippen LogP) is 1.15. The number of allylic oxidation sites excluding steroid dienone is 4. The first-order valence-electron chi connectivity index (χ1n) is 2.85. The van der Waals surface area contributed by atoms with Crippen LogP contribution in [0.15, 0.2) is 36.0 Å². The Labute approximate surface area is 56.8 Å². The van der Waals surface area contributed by atoms with Gasteiger partial charge in [0.1, 0.15) is 13.6 Å². The summed E-state index contributed by atoms with van der Waals surface area (Å²) in [6.45, 7) is 5.46. The maximum absolute atomic E-state index is 8.93. The third kappa shape index (κ3) is 4.95. The molecule has 0 saturated carbocycles. The normalized spacial score (nSPS) is 12.3. The SMILES string of the molecule is BC(=C)/C=C(O)\C=C/C. The van der Waals surface area contributed by atoms with Crippen LogP contribution in [0.2, 0.25) is 0 Å². The Morgan fingerprint density at radius 3 is 2.56 bits per heavy atom. The summed E-state index contributed by atoms with van der Waals surface area (Å²) >= 11 is 0. The average Bonchev–Trinajstić information content (AvgIpc) is 1.63. The van der Waals surface area contributed by atoms with Crippen molar-refractivity contribution in [3.63, 3.8) is 0 Å². The third-order valence-corrected chi connectivity index (χ3v) is 0.732. The van der Waals surface area contributed by atoms with Crippen LogP contribution < -0.4 is 0 Å². The summed E-state index contributed by atoms with van der Waals surface area (Å²) in [6, 6.07) is 0. The molecule has 0 amide bonds. The van der Waals surface area contributed by atoms with E-state index in [1.165, 1.54) is 0 Å². The maximum atomic E-state index is 8.93. The Morgan fingerprint density at radius 2 is 2.22 bits per heavy atom. The zero-order chi connectivity index (χ0) is 7.28. The van der Waals surface area contributed by atoms with E-state index in [0.29, 0.717) is 0 Å². The molecule has 0 aromatic rings. The van der Waals surface area contributed by atoms with Crippen LogP contribution in [0, 0.1) is 0 Å². The molecular weight excluding hydrogens is 111 g/mol. The number of hydrogen-bond acceptors (Lipinski definition) is 1. The van der Waals surface area contributed by atoms with E-state index in [1.807, 2.05) is 14.8 Å². The molecule has 1 N–H and O–H groups in total. The van der Waals surface area contributed by atoms with Crippen molar-refractivity contribution in [1.29, 1.82) is 0 Å². The van der Waals surface area contributed by atoms with Crippen LogP contribution in [0.4, 0.5) is 0 Å². The van der Waals surface area contributed by atoms with Crippen LogP contribution in [0.3, 0.4) is 0 Å². The van der Waals surface area contributed by atoms with E-state index in [-0.39, 0.29) is 5.76 Å². The summed E-state index contributed by atoms with van der Waals surface area (Å²) in [5.41, 5.74) is 0.852. The van der Waals surface area contributed by atoms with E-state index in [4.69, 9.17) is 5.11 Å².